The van der Waals surface area contributed by atoms with Crippen molar-refractivity contribution in [2.75, 3.05) is 31.2 Å². The average molecular weight is 229 g/mol. The van der Waals surface area contributed by atoms with Crippen LogP contribution >= 0.6 is 0 Å². The van der Waals surface area contributed by atoms with Crippen molar-refractivity contribution in [2.45, 2.75) is 6.92 Å². The Hall–Kier alpha value is -1.55. The van der Waals surface area contributed by atoms with Crippen LogP contribution in [0, 0.1) is 12.3 Å². The second-order valence-corrected chi connectivity index (χ2v) is 5.41. The second kappa shape index (κ2) is 3.01. The number of aryl methyl sites for hydroxylation is 1. The fraction of sp³-hybridized carbons (Fsp3) is 0.462. The molecule has 0 atom stereocenters. The van der Waals surface area contributed by atoms with Gasteiger partial charge in [-0.3, -0.25) is 0 Å². The van der Waals surface area contributed by atoms with Crippen molar-refractivity contribution in [3.05, 3.63) is 24.0 Å². The first-order chi connectivity index (χ1) is 8.26. The van der Waals surface area contributed by atoms with Crippen LogP contribution in [0.3, 0.4) is 0 Å². The summed E-state index contributed by atoms with van der Waals surface area (Å²) in [5, 5.41) is 1.23. The number of rotatable bonds is 1. The maximum absolute atomic E-state index is 5.29. The molecule has 0 aliphatic carbocycles. The quantitative estimate of drug-likeness (QED) is 0.809. The highest BCUT2D eigenvalue weighted by Crippen LogP contribution is 2.40. The van der Waals surface area contributed by atoms with E-state index in [0.717, 1.165) is 32.0 Å². The summed E-state index contributed by atoms with van der Waals surface area (Å²) in [7, 11) is 0. The van der Waals surface area contributed by atoms with Crippen LogP contribution in [0.15, 0.2) is 18.5 Å². The molecule has 2 aliphatic heterocycles. The SMILES string of the molecule is Cc1c[nH]c2ncc(N3CC4(COC4)C3)cc12. The van der Waals surface area contributed by atoms with Crippen LogP contribution in [-0.2, 0) is 4.74 Å². The first-order valence-corrected chi connectivity index (χ1v) is 6.02. The van der Waals surface area contributed by atoms with Gasteiger partial charge in [0, 0.05) is 24.7 Å². The van der Waals surface area contributed by atoms with Gasteiger partial charge >= 0.3 is 0 Å². The first kappa shape index (κ1) is 9.48. The van der Waals surface area contributed by atoms with Gasteiger partial charge in [-0.25, -0.2) is 4.98 Å². The third-order valence-corrected chi connectivity index (χ3v) is 3.96. The molecule has 4 rings (SSSR count). The van der Waals surface area contributed by atoms with Crippen molar-refractivity contribution >= 4 is 16.7 Å². The van der Waals surface area contributed by atoms with Gasteiger partial charge in [0.15, 0.2) is 0 Å². The summed E-state index contributed by atoms with van der Waals surface area (Å²) in [6.45, 7) is 6.21. The van der Waals surface area contributed by atoms with Crippen LogP contribution in [-0.4, -0.2) is 36.3 Å². The van der Waals surface area contributed by atoms with E-state index in [1.54, 1.807) is 0 Å². The summed E-state index contributed by atoms with van der Waals surface area (Å²) < 4.78 is 5.29. The lowest BCUT2D eigenvalue weighted by Gasteiger charge is -2.55. The average Bonchev–Trinajstić information content (AvgIpc) is 2.57. The number of nitrogens with zero attached hydrogens (tertiary/aromatic N) is 2. The molecule has 2 aromatic heterocycles. The van der Waals surface area contributed by atoms with E-state index in [1.165, 1.54) is 16.6 Å². The predicted molar refractivity (Wildman–Crippen MR) is 66.3 cm³/mol. The van der Waals surface area contributed by atoms with Gasteiger partial charge in [0.1, 0.15) is 5.65 Å². The topological polar surface area (TPSA) is 41.2 Å². The molecule has 2 aromatic rings. The molecule has 0 amide bonds. The zero-order valence-electron chi connectivity index (χ0n) is 9.86. The fourth-order valence-electron chi connectivity index (χ4n) is 2.82. The lowest BCUT2D eigenvalue weighted by Crippen LogP contribution is -2.66. The van der Waals surface area contributed by atoms with Gasteiger partial charge in [0.2, 0.25) is 0 Å². The molecule has 0 saturated carbocycles. The van der Waals surface area contributed by atoms with Gasteiger partial charge in [-0.1, -0.05) is 0 Å². The van der Waals surface area contributed by atoms with Gasteiger partial charge in [-0.05, 0) is 18.6 Å². The number of pyridine rings is 1. The van der Waals surface area contributed by atoms with Gasteiger partial charge in [0.25, 0.3) is 0 Å². The number of H-pyrrole nitrogens is 1. The molecular weight excluding hydrogens is 214 g/mol. The predicted octanol–water partition coefficient (Wildman–Crippen LogP) is 1.71. The fourth-order valence-corrected chi connectivity index (χ4v) is 2.82. The van der Waals surface area contributed by atoms with Crippen LogP contribution in [0.2, 0.25) is 0 Å². The number of fused-ring (bicyclic) bond motifs is 1. The number of ether oxygens (including phenoxy) is 1. The third-order valence-electron chi connectivity index (χ3n) is 3.96. The molecular formula is C13H15N3O. The highest BCUT2D eigenvalue weighted by Gasteiger charge is 2.49. The normalized spacial score (nSPS) is 21.6. The van der Waals surface area contributed by atoms with E-state index in [-0.39, 0.29) is 0 Å². The maximum Gasteiger partial charge on any atom is 0.137 e. The van der Waals surface area contributed by atoms with Crippen molar-refractivity contribution < 1.29 is 4.74 Å². The molecule has 17 heavy (non-hydrogen) atoms. The highest BCUT2D eigenvalue weighted by molar-refractivity contribution is 5.82. The van der Waals surface area contributed by atoms with Crippen LogP contribution < -0.4 is 4.90 Å². The molecule has 4 heteroatoms. The van der Waals surface area contributed by atoms with Crippen molar-refractivity contribution in [1.29, 1.82) is 0 Å². The summed E-state index contributed by atoms with van der Waals surface area (Å²) in [5.74, 6) is 0. The molecule has 1 spiro atoms. The Balaban J connectivity index is 1.65. The number of hydrogen-bond donors (Lipinski definition) is 1. The van der Waals surface area contributed by atoms with Gasteiger partial charge in [0.05, 0.1) is 30.5 Å². The number of aromatic nitrogens is 2. The van der Waals surface area contributed by atoms with Crippen molar-refractivity contribution in [2.24, 2.45) is 5.41 Å². The summed E-state index contributed by atoms with van der Waals surface area (Å²) in [6, 6.07) is 2.24. The molecule has 4 heterocycles. The van der Waals surface area contributed by atoms with E-state index in [4.69, 9.17) is 4.74 Å². The summed E-state index contributed by atoms with van der Waals surface area (Å²) >= 11 is 0. The highest BCUT2D eigenvalue weighted by atomic mass is 16.5. The molecule has 0 unspecified atom stereocenters. The Labute approximate surface area is 99.6 Å². The van der Waals surface area contributed by atoms with E-state index in [0.29, 0.717) is 5.41 Å². The molecule has 0 bridgehead atoms. The Bertz CT molecular complexity index is 577. The van der Waals surface area contributed by atoms with Gasteiger partial charge in [-0.15, -0.1) is 0 Å². The lowest BCUT2D eigenvalue weighted by atomic mass is 9.78. The van der Waals surface area contributed by atoms with Crippen LogP contribution in [0.1, 0.15) is 5.56 Å². The minimum absolute atomic E-state index is 0.460. The van der Waals surface area contributed by atoms with Crippen molar-refractivity contribution in [3.63, 3.8) is 0 Å². The smallest absolute Gasteiger partial charge is 0.137 e. The minimum atomic E-state index is 0.460. The second-order valence-electron chi connectivity index (χ2n) is 5.41. The Morgan fingerprint density at radius 3 is 2.94 bits per heavy atom. The minimum Gasteiger partial charge on any atom is -0.380 e. The van der Waals surface area contributed by atoms with E-state index < -0.39 is 0 Å². The number of nitrogens with one attached hydrogen (secondary N) is 1. The molecule has 2 fully saturated rings. The molecule has 4 nitrogen and oxygen atoms in total. The zero-order valence-corrected chi connectivity index (χ0v) is 9.86. The van der Waals surface area contributed by atoms with E-state index in [2.05, 4.69) is 27.9 Å². The maximum atomic E-state index is 5.29. The molecule has 2 aliphatic rings. The molecule has 0 aromatic carbocycles. The largest absolute Gasteiger partial charge is 0.380 e. The Morgan fingerprint density at radius 2 is 2.24 bits per heavy atom. The number of aromatic amines is 1. The van der Waals surface area contributed by atoms with Crippen LogP contribution in [0.25, 0.3) is 11.0 Å². The van der Waals surface area contributed by atoms with Gasteiger partial charge in [-0.2, -0.15) is 0 Å². The Morgan fingerprint density at radius 1 is 1.41 bits per heavy atom. The monoisotopic (exact) mass is 229 g/mol. The van der Waals surface area contributed by atoms with E-state index in [9.17, 15) is 0 Å². The first-order valence-electron chi connectivity index (χ1n) is 6.02. The van der Waals surface area contributed by atoms with Crippen molar-refractivity contribution in [1.82, 2.24) is 9.97 Å². The van der Waals surface area contributed by atoms with E-state index in [1.807, 2.05) is 12.4 Å². The summed E-state index contributed by atoms with van der Waals surface area (Å²) in [6.07, 6.45) is 3.98. The molecule has 1 N–H and O–H groups in total. The molecule has 88 valence electrons. The van der Waals surface area contributed by atoms with Crippen molar-refractivity contribution in [3.8, 4) is 0 Å². The number of hydrogen-bond acceptors (Lipinski definition) is 3. The van der Waals surface area contributed by atoms with Gasteiger partial charge < -0.3 is 14.6 Å². The lowest BCUT2D eigenvalue weighted by molar-refractivity contribution is -0.127. The standard InChI is InChI=1S/C13H15N3O/c1-9-3-14-12-11(9)2-10(4-15-12)16-5-13(6-16)7-17-8-13/h2-4H,5-8H2,1H3,(H,14,15). The molecule has 0 radical (unpaired) electrons. The van der Waals surface area contributed by atoms with Crippen LogP contribution in [0.5, 0.6) is 0 Å². The summed E-state index contributed by atoms with van der Waals surface area (Å²) in [4.78, 5) is 10.0. The Kier molecular flexibility index (Phi) is 1.68. The number of anilines is 1. The summed E-state index contributed by atoms with van der Waals surface area (Å²) in [5.41, 5.74) is 3.94. The van der Waals surface area contributed by atoms with Crippen LogP contribution in [0.4, 0.5) is 5.69 Å². The molecule has 2 saturated heterocycles. The third kappa shape index (κ3) is 1.24. The zero-order chi connectivity index (χ0) is 11.5. The van der Waals surface area contributed by atoms with E-state index >= 15 is 0 Å².